The molecule has 0 unspecified atom stereocenters. The van der Waals surface area contributed by atoms with Gasteiger partial charge in [-0.25, -0.2) is 15.0 Å². The molecule has 0 radical (unpaired) electrons. The third-order valence-electron chi connectivity index (χ3n) is 14.4. The Morgan fingerprint density at radius 1 is 0.203 bits per heavy atom. The lowest BCUT2D eigenvalue weighted by atomic mass is 9.96. The summed E-state index contributed by atoms with van der Waals surface area (Å²) >= 11 is 0. The van der Waals surface area contributed by atoms with E-state index < -0.39 is 0 Å². The Labute approximate surface area is 428 Å². The maximum atomic E-state index is 5.46. The zero-order valence-electron chi connectivity index (χ0n) is 40.2. The molecule has 3 heterocycles. The molecule has 0 fully saturated rings. The molecule has 0 amide bonds. The fourth-order valence-corrected chi connectivity index (χ4v) is 10.9. The quantitative estimate of drug-likeness (QED) is 0.145. The molecule has 14 rings (SSSR count). The maximum Gasteiger partial charge on any atom is 0.164 e. The van der Waals surface area contributed by atoms with E-state index in [1.165, 1.54) is 27.1 Å². The first kappa shape index (κ1) is 42.9. The van der Waals surface area contributed by atoms with Gasteiger partial charge in [0.15, 0.2) is 17.5 Å². The van der Waals surface area contributed by atoms with Gasteiger partial charge in [-0.1, -0.05) is 212 Å². The van der Waals surface area contributed by atoms with Crippen LogP contribution in [0, 0.1) is 0 Å². The number of fused-ring (bicyclic) bond motifs is 6. The van der Waals surface area contributed by atoms with E-state index in [-0.39, 0.29) is 0 Å². The summed E-state index contributed by atoms with van der Waals surface area (Å²) in [4.78, 5) is 16.1. The van der Waals surface area contributed by atoms with Crippen LogP contribution in [0.4, 0.5) is 0 Å². The minimum absolute atomic E-state index is 0.583. The molecule has 5 heteroatoms. The van der Waals surface area contributed by atoms with Gasteiger partial charge >= 0.3 is 0 Å². The molecule has 5 nitrogen and oxygen atoms in total. The molecule has 0 aliphatic rings. The molecule has 0 saturated heterocycles. The van der Waals surface area contributed by atoms with E-state index in [9.17, 15) is 0 Å². The first-order valence-corrected chi connectivity index (χ1v) is 25.1. The highest BCUT2D eigenvalue weighted by atomic mass is 15.0. The van der Waals surface area contributed by atoms with Crippen molar-refractivity contribution < 1.29 is 0 Å². The molecule has 11 aromatic carbocycles. The standard InChI is InChI=1S/C69H45N5/c1-4-20-46(21-5-1)49-26-18-28-51(42-49)55-40-38-54(45-66(55)74-63-36-16-12-32-58(63)59-33-13-17-37-64(59)74)69-71-67(48-24-8-3-9-25-48)70-68(72-69)53-39-41-65(73-61-34-14-10-30-56(61)57-31-11-15-35-62(57)73)60(44-53)52-29-19-27-50(43-52)47-22-6-2-7-23-47/h1-45H. The van der Waals surface area contributed by atoms with Gasteiger partial charge < -0.3 is 9.13 Å². The van der Waals surface area contributed by atoms with Gasteiger partial charge in [0, 0.05) is 49.4 Å². The van der Waals surface area contributed by atoms with Crippen LogP contribution in [0.1, 0.15) is 0 Å². The van der Waals surface area contributed by atoms with Crippen molar-refractivity contribution in [3.63, 3.8) is 0 Å². The second-order valence-electron chi connectivity index (χ2n) is 18.8. The molecule has 0 spiro atoms. The monoisotopic (exact) mass is 943 g/mol. The van der Waals surface area contributed by atoms with Crippen LogP contribution in [0.15, 0.2) is 273 Å². The van der Waals surface area contributed by atoms with Gasteiger partial charge in [0.05, 0.1) is 33.4 Å². The summed E-state index contributed by atoms with van der Waals surface area (Å²) in [7, 11) is 0. The lowest BCUT2D eigenvalue weighted by Gasteiger charge is -2.18. The first-order chi connectivity index (χ1) is 36.7. The summed E-state index contributed by atoms with van der Waals surface area (Å²) in [5, 5.41) is 4.81. The number of hydrogen-bond acceptors (Lipinski definition) is 3. The van der Waals surface area contributed by atoms with Gasteiger partial charge in [-0.2, -0.15) is 0 Å². The summed E-state index contributed by atoms with van der Waals surface area (Å²) in [5.41, 5.74) is 18.3. The molecule has 0 bridgehead atoms. The highest BCUT2D eigenvalue weighted by Gasteiger charge is 2.22. The van der Waals surface area contributed by atoms with Gasteiger partial charge in [0.2, 0.25) is 0 Å². The van der Waals surface area contributed by atoms with Gasteiger partial charge in [-0.15, -0.1) is 0 Å². The number of hydrogen-bond donors (Lipinski definition) is 0. The van der Waals surface area contributed by atoms with Crippen molar-refractivity contribution in [1.29, 1.82) is 0 Å². The molecule has 3 aromatic heterocycles. The summed E-state index contributed by atoms with van der Waals surface area (Å²) < 4.78 is 4.81. The summed E-state index contributed by atoms with van der Waals surface area (Å²) in [6.45, 7) is 0. The minimum Gasteiger partial charge on any atom is -0.309 e. The van der Waals surface area contributed by atoms with E-state index >= 15 is 0 Å². The van der Waals surface area contributed by atoms with Gasteiger partial charge in [0.25, 0.3) is 0 Å². The van der Waals surface area contributed by atoms with Crippen LogP contribution >= 0.6 is 0 Å². The lowest BCUT2D eigenvalue weighted by Crippen LogP contribution is -2.03. The number of para-hydroxylation sites is 4. The normalized spacial score (nSPS) is 11.5. The molecule has 14 aromatic rings. The van der Waals surface area contributed by atoms with Crippen molar-refractivity contribution in [3.05, 3.63) is 273 Å². The zero-order valence-corrected chi connectivity index (χ0v) is 40.2. The van der Waals surface area contributed by atoms with Crippen molar-refractivity contribution >= 4 is 43.6 Å². The minimum atomic E-state index is 0.583. The van der Waals surface area contributed by atoms with E-state index in [0.717, 1.165) is 89.1 Å². The van der Waals surface area contributed by atoms with Crippen molar-refractivity contribution in [3.8, 4) is 90.0 Å². The Morgan fingerprint density at radius 2 is 0.554 bits per heavy atom. The van der Waals surface area contributed by atoms with Gasteiger partial charge in [-0.05, 0) is 94.0 Å². The lowest BCUT2D eigenvalue weighted by molar-refractivity contribution is 1.07. The Hall–Kier alpha value is -9.97. The van der Waals surface area contributed by atoms with Gasteiger partial charge in [0.1, 0.15) is 0 Å². The fraction of sp³-hybridized carbons (Fsp3) is 0. The Bertz CT molecular complexity index is 4310. The molecule has 0 saturated carbocycles. The zero-order chi connectivity index (χ0) is 49.0. The molecular formula is C69H45N5. The molecule has 0 aliphatic carbocycles. The predicted octanol–water partition coefficient (Wildman–Crippen LogP) is 17.7. The maximum absolute atomic E-state index is 5.46. The van der Waals surface area contributed by atoms with Gasteiger partial charge in [-0.3, -0.25) is 0 Å². The molecule has 0 aliphatic heterocycles. The highest BCUT2D eigenvalue weighted by Crippen LogP contribution is 2.42. The molecule has 74 heavy (non-hydrogen) atoms. The number of nitrogens with zero attached hydrogens (tertiary/aromatic N) is 5. The van der Waals surface area contributed by atoms with E-state index in [1.54, 1.807) is 0 Å². The van der Waals surface area contributed by atoms with Crippen LogP contribution in [0.5, 0.6) is 0 Å². The van der Waals surface area contributed by atoms with E-state index in [1.807, 2.05) is 18.2 Å². The topological polar surface area (TPSA) is 48.5 Å². The number of benzene rings is 11. The van der Waals surface area contributed by atoms with Crippen molar-refractivity contribution in [2.45, 2.75) is 0 Å². The molecule has 346 valence electrons. The van der Waals surface area contributed by atoms with E-state index in [2.05, 4.69) is 264 Å². The fourth-order valence-electron chi connectivity index (χ4n) is 10.9. The van der Waals surface area contributed by atoms with E-state index in [0.29, 0.717) is 17.5 Å². The smallest absolute Gasteiger partial charge is 0.164 e. The van der Waals surface area contributed by atoms with Crippen LogP contribution < -0.4 is 0 Å². The van der Waals surface area contributed by atoms with Crippen LogP contribution in [0.25, 0.3) is 134 Å². The SMILES string of the molecule is c1ccc(-c2cccc(-c3cc(-c4nc(-c5ccccc5)nc(-c5ccc(-c6cccc(-c7ccccc7)c6)c(-n6c7ccccc7c7ccccc76)c5)n4)ccc3-n3c4ccccc4c4ccccc43)c2)cc1. The van der Waals surface area contributed by atoms with Crippen LogP contribution in [0.3, 0.4) is 0 Å². The Morgan fingerprint density at radius 3 is 1.04 bits per heavy atom. The first-order valence-electron chi connectivity index (χ1n) is 25.1. The van der Waals surface area contributed by atoms with E-state index in [4.69, 9.17) is 15.0 Å². The Balaban J connectivity index is 0.998. The van der Waals surface area contributed by atoms with Crippen LogP contribution in [-0.2, 0) is 0 Å². The number of aromatic nitrogens is 5. The van der Waals surface area contributed by atoms with Crippen LogP contribution in [0.2, 0.25) is 0 Å². The summed E-state index contributed by atoms with van der Waals surface area (Å²) in [6.07, 6.45) is 0. The Kier molecular flexibility index (Phi) is 10.4. The third-order valence-corrected chi connectivity index (χ3v) is 14.4. The largest absolute Gasteiger partial charge is 0.309 e. The average Bonchev–Trinajstić information content (AvgIpc) is 4.01. The predicted molar refractivity (Wildman–Crippen MR) is 307 cm³/mol. The highest BCUT2D eigenvalue weighted by molar-refractivity contribution is 6.11. The molecule has 0 N–H and O–H groups in total. The van der Waals surface area contributed by atoms with Crippen molar-refractivity contribution in [1.82, 2.24) is 24.1 Å². The van der Waals surface area contributed by atoms with Crippen molar-refractivity contribution in [2.24, 2.45) is 0 Å². The second-order valence-corrected chi connectivity index (χ2v) is 18.8. The second kappa shape index (κ2) is 18.0. The molecular weight excluding hydrogens is 899 g/mol. The summed E-state index contributed by atoms with van der Waals surface area (Å²) in [6, 6.07) is 97.2. The summed E-state index contributed by atoms with van der Waals surface area (Å²) in [5.74, 6) is 1.77. The van der Waals surface area contributed by atoms with Crippen LogP contribution in [-0.4, -0.2) is 24.1 Å². The average molecular weight is 944 g/mol. The van der Waals surface area contributed by atoms with Crippen molar-refractivity contribution in [2.75, 3.05) is 0 Å². The molecule has 0 atom stereocenters. The third kappa shape index (κ3) is 7.46. The number of rotatable bonds is 9.